The van der Waals surface area contributed by atoms with E-state index in [0.29, 0.717) is 6.54 Å². The average molecular weight is 281 g/mol. The molecule has 0 saturated carbocycles. The maximum absolute atomic E-state index is 12.4. The monoisotopic (exact) mass is 281 g/mol. The van der Waals surface area contributed by atoms with E-state index in [1.807, 2.05) is 36.5 Å². The Hall–Kier alpha value is -2.36. The van der Waals surface area contributed by atoms with Crippen LogP contribution in [-0.2, 0) is 12.8 Å². The Morgan fingerprint density at radius 1 is 1.29 bits per heavy atom. The molecular weight excluding hydrogens is 262 g/mol. The number of hydrogen-bond acceptors (Lipinski definition) is 3. The smallest absolute Gasteiger partial charge is 0.251 e. The van der Waals surface area contributed by atoms with Crippen LogP contribution in [0.25, 0.3) is 0 Å². The number of nitrogens with zero attached hydrogens (tertiary/aromatic N) is 1. The van der Waals surface area contributed by atoms with Crippen LogP contribution in [-0.4, -0.2) is 24.0 Å². The molecule has 0 aliphatic carbocycles. The van der Waals surface area contributed by atoms with Gasteiger partial charge in [-0.2, -0.15) is 0 Å². The van der Waals surface area contributed by atoms with Crippen molar-refractivity contribution >= 4 is 11.6 Å². The number of amides is 1. The zero-order valence-corrected chi connectivity index (χ0v) is 11.9. The van der Waals surface area contributed by atoms with Crippen molar-refractivity contribution in [1.29, 1.82) is 0 Å². The summed E-state index contributed by atoms with van der Waals surface area (Å²) < 4.78 is 0. The Kier molecular flexibility index (Phi) is 4.15. The summed E-state index contributed by atoms with van der Waals surface area (Å²) in [5.41, 5.74) is 4.17. The minimum absolute atomic E-state index is 0.0134. The summed E-state index contributed by atoms with van der Waals surface area (Å²) in [4.78, 5) is 16.4. The molecule has 1 aromatic carbocycles. The molecule has 2 N–H and O–H groups in total. The second-order valence-electron chi connectivity index (χ2n) is 5.23. The predicted molar refractivity (Wildman–Crippen MR) is 83.5 cm³/mol. The largest absolute Gasteiger partial charge is 0.385 e. The molecule has 0 radical (unpaired) electrons. The summed E-state index contributed by atoms with van der Waals surface area (Å²) in [7, 11) is 0. The quantitative estimate of drug-likeness (QED) is 0.905. The number of pyridine rings is 1. The van der Waals surface area contributed by atoms with Crippen molar-refractivity contribution in [3.8, 4) is 0 Å². The van der Waals surface area contributed by atoms with Gasteiger partial charge in [0.2, 0.25) is 0 Å². The molecule has 1 aliphatic rings. The van der Waals surface area contributed by atoms with Crippen molar-refractivity contribution in [2.45, 2.75) is 19.3 Å². The Labute approximate surface area is 124 Å². The minimum atomic E-state index is 0.0134. The zero-order chi connectivity index (χ0) is 14.5. The van der Waals surface area contributed by atoms with Gasteiger partial charge in [-0.05, 0) is 48.6 Å². The Bertz CT molecular complexity index is 625. The molecule has 4 nitrogen and oxygen atoms in total. The molecular formula is C17H19N3O. The SMILES string of the molecule is O=C(NCCc1cccnc1)c1cccc2c1CCCN2. The summed E-state index contributed by atoms with van der Waals surface area (Å²) in [6.45, 7) is 1.61. The topological polar surface area (TPSA) is 54.0 Å². The van der Waals surface area contributed by atoms with Gasteiger partial charge in [-0.1, -0.05) is 12.1 Å². The maximum atomic E-state index is 12.4. The van der Waals surface area contributed by atoms with Gasteiger partial charge in [0, 0.05) is 36.7 Å². The highest BCUT2D eigenvalue weighted by molar-refractivity contribution is 5.97. The fourth-order valence-corrected chi connectivity index (χ4v) is 2.68. The van der Waals surface area contributed by atoms with Crippen LogP contribution in [0.3, 0.4) is 0 Å². The van der Waals surface area contributed by atoms with Crippen molar-refractivity contribution in [2.75, 3.05) is 18.4 Å². The number of hydrogen-bond donors (Lipinski definition) is 2. The third kappa shape index (κ3) is 3.21. The molecule has 0 unspecified atom stereocenters. The van der Waals surface area contributed by atoms with Crippen LogP contribution in [0.5, 0.6) is 0 Å². The number of fused-ring (bicyclic) bond motifs is 1. The normalized spacial score (nSPS) is 13.1. The fraction of sp³-hybridized carbons (Fsp3) is 0.294. The van der Waals surface area contributed by atoms with E-state index < -0.39 is 0 Å². The van der Waals surface area contributed by atoms with E-state index in [4.69, 9.17) is 0 Å². The van der Waals surface area contributed by atoms with E-state index in [2.05, 4.69) is 15.6 Å². The van der Waals surface area contributed by atoms with Crippen LogP contribution in [0.15, 0.2) is 42.7 Å². The molecule has 108 valence electrons. The first kappa shape index (κ1) is 13.6. The number of aromatic nitrogens is 1. The van der Waals surface area contributed by atoms with Crippen molar-refractivity contribution in [2.24, 2.45) is 0 Å². The third-order valence-electron chi connectivity index (χ3n) is 3.76. The standard InChI is InChI=1S/C17H19N3O/c21-17(20-11-8-13-4-2-9-18-12-13)15-5-1-7-16-14(15)6-3-10-19-16/h1-2,4-5,7,9,12,19H,3,6,8,10-11H2,(H,20,21). The molecule has 21 heavy (non-hydrogen) atoms. The van der Waals surface area contributed by atoms with Crippen LogP contribution in [0.1, 0.15) is 27.9 Å². The maximum Gasteiger partial charge on any atom is 0.251 e. The van der Waals surface area contributed by atoms with Gasteiger partial charge in [0.1, 0.15) is 0 Å². The summed E-state index contributed by atoms with van der Waals surface area (Å²) in [6, 6.07) is 9.82. The lowest BCUT2D eigenvalue weighted by atomic mass is 9.97. The summed E-state index contributed by atoms with van der Waals surface area (Å²) in [5, 5.41) is 6.35. The van der Waals surface area contributed by atoms with E-state index in [9.17, 15) is 4.79 Å². The van der Waals surface area contributed by atoms with Gasteiger partial charge in [-0.15, -0.1) is 0 Å². The Morgan fingerprint density at radius 2 is 2.24 bits per heavy atom. The van der Waals surface area contributed by atoms with Gasteiger partial charge in [0.15, 0.2) is 0 Å². The lowest BCUT2D eigenvalue weighted by Crippen LogP contribution is -2.27. The van der Waals surface area contributed by atoms with Crippen LogP contribution >= 0.6 is 0 Å². The molecule has 4 heteroatoms. The molecule has 0 fully saturated rings. The van der Waals surface area contributed by atoms with Crippen LogP contribution in [0.2, 0.25) is 0 Å². The van der Waals surface area contributed by atoms with Crippen molar-refractivity contribution in [3.05, 3.63) is 59.4 Å². The average Bonchev–Trinajstić information content (AvgIpc) is 2.55. The molecule has 2 heterocycles. The predicted octanol–water partition coefficient (Wildman–Crippen LogP) is 2.41. The molecule has 1 amide bonds. The van der Waals surface area contributed by atoms with Gasteiger partial charge >= 0.3 is 0 Å². The number of carbonyl (C=O) groups is 1. The molecule has 0 bridgehead atoms. The van der Waals surface area contributed by atoms with Crippen molar-refractivity contribution < 1.29 is 4.79 Å². The number of nitrogens with one attached hydrogen (secondary N) is 2. The Morgan fingerprint density at radius 3 is 3.10 bits per heavy atom. The van der Waals surface area contributed by atoms with Crippen molar-refractivity contribution in [1.82, 2.24) is 10.3 Å². The first-order valence-electron chi connectivity index (χ1n) is 7.37. The molecule has 3 rings (SSSR count). The van der Waals surface area contributed by atoms with Crippen LogP contribution in [0, 0.1) is 0 Å². The van der Waals surface area contributed by atoms with Gasteiger partial charge < -0.3 is 10.6 Å². The van der Waals surface area contributed by atoms with Gasteiger partial charge in [-0.3, -0.25) is 9.78 Å². The highest BCUT2D eigenvalue weighted by Gasteiger charge is 2.16. The third-order valence-corrected chi connectivity index (χ3v) is 3.76. The summed E-state index contributed by atoms with van der Waals surface area (Å²) in [6.07, 6.45) is 6.43. The molecule has 0 spiro atoms. The first-order chi connectivity index (χ1) is 10.3. The van der Waals surface area contributed by atoms with Crippen LogP contribution in [0.4, 0.5) is 5.69 Å². The number of benzene rings is 1. The zero-order valence-electron chi connectivity index (χ0n) is 11.9. The lowest BCUT2D eigenvalue weighted by Gasteiger charge is -2.20. The highest BCUT2D eigenvalue weighted by Crippen LogP contribution is 2.25. The van der Waals surface area contributed by atoms with E-state index >= 15 is 0 Å². The van der Waals surface area contributed by atoms with E-state index in [0.717, 1.165) is 48.2 Å². The van der Waals surface area contributed by atoms with E-state index in [-0.39, 0.29) is 5.91 Å². The van der Waals surface area contributed by atoms with Crippen molar-refractivity contribution in [3.63, 3.8) is 0 Å². The van der Waals surface area contributed by atoms with Gasteiger partial charge in [0.25, 0.3) is 5.91 Å². The second kappa shape index (κ2) is 6.39. The summed E-state index contributed by atoms with van der Waals surface area (Å²) in [5.74, 6) is 0.0134. The van der Waals surface area contributed by atoms with Crippen LogP contribution < -0.4 is 10.6 Å². The number of carbonyl (C=O) groups excluding carboxylic acids is 1. The first-order valence-corrected chi connectivity index (χ1v) is 7.37. The van der Waals surface area contributed by atoms with Gasteiger partial charge in [0.05, 0.1) is 0 Å². The van der Waals surface area contributed by atoms with Gasteiger partial charge in [-0.25, -0.2) is 0 Å². The number of rotatable bonds is 4. The summed E-state index contributed by atoms with van der Waals surface area (Å²) >= 11 is 0. The molecule has 1 aromatic heterocycles. The van der Waals surface area contributed by atoms with E-state index in [1.165, 1.54) is 0 Å². The second-order valence-corrected chi connectivity index (χ2v) is 5.23. The molecule has 2 aromatic rings. The molecule has 0 atom stereocenters. The Balaban J connectivity index is 1.63. The molecule has 0 saturated heterocycles. The van der Waals surface area contributed by atoms with E-state index in [1.54, 1.807) is 6.20 Å². The number of anilines is 1. The fourth-order valence-electron chi connectivity index (χ4n) is 2.68. The highest BCUT2D eigenvalue weighted by atomic mass is 16.1. The minimum Gasteiger partial charge on any atom is -0.385 e. The molecule has 1 aliphatic heterocycles. The lowest BCUT2D eigenvalue weighted by molar-refractivity contribution is 0.0953.